The number of hydrogen-bond donors (Lipinski definition) is 0. The van der Waals surface area contributed by atoms with Crippen LogP contribution in [-0.4, -0.2) is 30.9 Å². The number of hydrogen-bond acceptors (Lipinski definition) is 5. The van der Waals surface area contributed by atoms with Crippen LogP contribution >= 0.6 is 23.2 Å². The minimum Gasteiger partial charge on any atom is -0.462 e. The molecular formula is C13H12Cl2O5. The molecule has 0 fully saturated rings. The summed E-state index contributed by atoms with van der Waals surface area (Å²) in [7, 11) is 0. The third-order valence-corrected chi connectivity index (χ3v) is 2.87. The van der Waals surface area contributed by atoms with Crippen LogP contribution in [0.2, 0.25) is 10.0 Å². The summed E-state index contributed by atoms with van der Waals surface area (Å²) in [6.45, 7) is 1.06. The number of benzene rings is 1. The maximum Gasteiger partial charge on any atom is 0.338 e. The first-order valence-corrected chi connectivity index (χ1v) is 6.43. The summed E-state index contributed by atoms with van der Waals surface area (Å²) >= 11 is 11.5. The Morgan fingerprint density at radius 1 is 1.05 bits per heavy atom. The van der Waals surface area contributed by atoms with Gasteiger partial charge in [-0.3, -0.25) is 9.59 Å². The normalized spacial score (nSPS) is 9.95. The van der Waals surface area contributed by atoms with Gasteiger partial charge in [0.1, 0.15) is 25.4 Å². The molecule has 0 saturated carbocycles. The number of esters is 2. The van der Waals surface area contributed by atoms with Gasteiger partial charge in [-0.1, -0.05) is 23.2 Å². The van der Waals surface area contributed by atoms with Crippen molar-refractivity contribution in [3.8, 4) is 0 Å². The summed E-state index contributed by atoms with van der Waals surface area (Å²) in [6, 6.07) is 4.33. The van der Waals surface area contributed by atoms with Crippen molar-refractivity contribution < 1.29 is 23.9 Å². The van der Waals surface area contributed by atoms with Crippen LogP contribution in [0.15, 0.2) is 18.2 Å². The summed E-state index contributed by atoms with van der Waals surface area (Å²) in [5.74, 6) is -1.54. The zero-order valence-electron chi connectivity index (χ0n) is 10.7. The van der Waals surface area contributed by atoms with E-state index in [1.807, 2.05) is 0 Å². The molecule has 0 spiro atoms. The van der Waals surface area contributed by atoms with Crippen molar-refractivity contribution in [2.24, 2.45) is 0 Å². The second kappa shape index (κ2) is 7.87. The molecule has 108 valence electrons. The Hall–Kier alpha value is -1.59. The predicted octanol–water partition coefficient (Wildman–Crippen LogP) is 2.67. The van der Waals surface area contributed by atoms with Gasteiger partial charge in [0.15, 0.2) is 0 Å². The highest BCUT2D eigenvalue weighted by molar-refractivity contribution is 6.42. The lowest BCUT2D eigenvalue weighted by atomic mass is 10.2. The summed E-state index contributed by atoms with van der Waals surface area (Å²) < 4.78 is 9.57. The number of carbonyl (C=O) groups is 3. The highest BCUT2D eigenvalue weighted by atomic mass is 35.5. The molecule has 1 aromatic carbocycles. The van der Waals surface area contributed by atoms with E-state index in [0.717, 1.165) is 0 Å². The Labute approximate surface area is 125 Å². The van der Waals surface area contributed by atoms with Crippen molar-refractivity contribution in [3.63, 3.8) is 0 Å². The molecule has 0 aliphatic rings. The van der Waals surface area contributed by atoms with Gasteiger partial charge in [0.2, 0.25) is 0 Å². The van der Waals surface area contributed by atoms with Crippen molar-refractivity contribution in [1.82, 2.24) is 0 Å². The maximum atomic E-state index is 11.6. The van der Waals surface area contributed by atoms with Gasteiger partial charge < -0.3 is 9.47 Å². The Kier molecular flexibility index (Phi) is 6.48. The standard InChI is InChI=1S/C13H12Cl2O5/c1-8(16)6-12(17)19-4-5-20-13(18)9-2-3-10(14)11(15)7-9/h2-3,7H,4-6H2,1H3. The van der Waals surface area contributed by atoms with E-state index >= 15 is 0 Å². The van der Waals surface area contributed by atoms with E-state index in [1.165, 1.54) is 25.1 Å². The van der Waals surface area contributed by atoms with E-state index in [1.54, 1.807) is 0 Å². The third-order valence-electron chi connectivity index (χ3n) is 2.13. The van der Waals surface area contributed by atoms with Gasteiger partial charge in [-0.15, -0.1) is 0 Å². The fourth-order valence-electron chi connectivity index (χ4n) is 1.25. The van der Waals surface area contributed by atoms with E-state index in [2.05, 4.69) is 0 Å². The lowest BCUT2D eigenvalue weighted by Crippen LogP contribution is -2.15. The molecule has 0 heterocycles. The zero-order chi connectivity index (χ0) is 15.1. The van der Waals surface area contributed by atoms with Crippen molar-refractivity contribution >= 4 is 40.9 Å². The molecule has 0 amide bonds. The van der Waals surface area contributed by atoms with Crippen molar-refractivity contribution in [2.45, 2.75) is 13.3 Å². The minimum absolute atomic E-state index is 0.108. The van der Waals surface area contributed by atoms with Crippen LogP contribution < -0.4 is 0 Å². The highest BCUT2D eigenvalue weighted by Gasteiger charge is 2.10. The lowest BCUT2D eigenvalue weighted by molar-refractivity contribution is -0.146. The monoisotopic (exact) mass is 318 g/mol. The Bertz CT molecular complexity index is 527. The van der Waals surface area contributed by atoms with Gasteiger partial charge in [0, 0.05) is 0 Å². The van der Waals surface area contributed by atoms with Crippen LogP contribution in [0, 0.1) is 0 Å². The smallest absolute Gasteiger partial charge is 0.338 e. The fraction of sp³-hybridized carbons (Fsp3) is 0.308. The SMILES string of the molecule is CC(=O)CC(=O)OCCOC(=O)c1ccc(Cl)c(Cl)c1. The first kappa shape index (κ1) is 16.5. The van der Waals surface area contributed by atoms with Crippen molar-refractivity contribution in [2.75, 3.05) is 13.2 Å². The van der Waals surface area contributed by atoms with Crippen LogP contribution in [0.1, 0.15) is 23.7 Å². The van der Waals surface area contributed by atoms with Crippen LogP contribution in [0.25, 0.3) is 0 Å². The van der Waals surface area contributed by atoms with E-state index in [-0.39, 0.29) is 36.0 Å². The molecular weight excluding hydrogens is 307 g/mol. The number of ketones is 1. The second-order valence-corrected chi connectivity index (χ2v) is 4.68. The fourth-order valence-corrected chi connectivity index (χ4v) is 1.55. The Morgan fingerprint density at radius 2 is 1.70 bits per heavy atom. The third kappa shape index (κ3) is 5.59. The van der Waals surface area contributed by atoms with Gasteiger partial charge in [-0.25, -0.2) is 4.79 Å². The van der Waals surface area contributed by atoms with Crippen LogP contribution in [-0.2, 0) is 19.1 Å². The molecule has 20 heavy (non-hydrogen) atoms. The number of Topliss-reactive ketones (excluding diaryl/α,β-unsaturated/α-hetero) is 1. The average molecular weight is 319 g/mol. The molecule has 1 aromatic rings. The van der Waals surface area contributed by atoms with Crippen LogP contribution in [0.5, 0.6) is 0 Å². The molecule has 0 bridgehead atoms. The van der Waals surface area contributed by atoms with Gasteiger partial charge in [-0.05, 0) is 25.1 Å². The molecule has 7 heteroatoms. The molecule has 0 aliphatic heterocycles. The minimum atomic E-state index is -0.650. The number of rotatable bonds is 6. The predicted molar refractivity (Wildman–Crippen MR) is 73.0 cm³/mol. The lowest BCUT2D eigenvalue weighted by Gasteiger charge is -2.06. The summed E-state index contributed by atoms with van der Waals surface area (Å²) in [5.41, 5.74) is 0.245. The van der Waals surface area contributed by atoms with Gasteiger partial charge >= 0.3 is 11.9 Å². The quantitative estimate of drug-likeness (QED) is 0.458. The first-order chi connectivity index (χ1) is 9.40. The summed E-state index contributed by atoms with van der Waals surface area (Å²) in [6.07, 6.45) is -0.291. The molecule has 0 radical (unpaired) electrons. The topological polar surface area (TPSA) is 69.7 Å². The molecule has 0 N–H and O–H groups in total. The molecule has 0 saturated heterocycles. The first-order valence-electron chi connectivity index (χ1n) is 5.67. The summed E-state index contributed by atoms with van der Waals surface area (Å²) in [4.78, 5) is 33.3. The van der Waals surface area contributed by atoms with Crippen LogP contribution in [0.3, 0.4) is 0 Å². The average Bonchev–Trinajstić information content (AvgIpc) is 2.36. The van der Waals surface area contributed by atoms with Gasteiger partial charge in [0.25, 0.3) is 0 Å². The van der Waals surface area contributed by atoms with E-state index in [0.29, 0.717) is 5.02 Å². The van der Waals surface area contributed by atoms with Gasteiger partial charge in [-0.2, -0.15) is 0 Å². The molecule has 0 unspecified atom stereocenters. The number of carbonyl (C=O) groups excluding carboxylic acids is 3. The van der Waals surface area contributed by atoms with E-state index < -0.39 is 11.9 Å². The van der Waals surface area contributed by atoms with E-state index in [4.69, 9.17) is 32.7 Å². The molecule has 0 aromatic heterocycles. The molecule has 0 aliphatic carbocycles. The number of halogens is 2. The second-order valence-electron chi connectivity index (χ2n) is 3.86. The molecule has 5 nitrogen and oxygen atoms in total. The van der Waals surface area contributed by atoms with Crippen molar-refractivity contribution in [3.05, 3.63) is 33.8 Å². The Morgan fingerprint density at radius 3 is 2.30 bits per heavy atom. The molecule has 1 rings (SSSR count). The van der Waals surface area contributed by atoms with Crippen molar-refractivity contribution in [1.29, 1.82) is 0 Å². The zero-order valence-corrected chi connectivity index (χ0v) is 12.2. The summed E-state index contributed by atoms with van der Waals surface area (Å²) in [5, 5.41) is 0.579. The number of ether oxygens (including phenoxy) is 2. The Balaban J connectivity index is 2.35. The van der Waals surface area contributed by atoms with Crippen LogP contribution in [0.4, 0.5) is 0 Å². The van der Waals surface area contributed by atoms with Gasteiger partial charge in [0.05, 0.1) is 15.6 Å². The largest absolute Gasteiger partial charge is 0.462 e. The van der Waals surface area contributed by atoms with E-state index in [9.17, 15) is 14.4 Å². The maximum absolute atomic E-state index is 11.6. The molecule has 0 atom stereocenters. The highest BCUT2D eigenvalue weighted by Crippen LogP contribution is 2.22.